The minimum atomic E-state index is -0.419. The van der Waals surface area contributed by atoms with Gasteiger partial charge in [-0.2, -0.15) is 4.39 Å². The normalized spacial score (nSPS) is 21.2. The molecule has 4 heteroatoms. The molecule has 0 saturated heterocycles. The Balaban J connectivity index is 2.37. The van der Waals surface area contributed by atoms with Crippen molar-refractivity contribution < 1.29 is 4.39 Å². The van der Waals surface area contributed by atoms with Crippen molar-refractivity contribution in [1.82, 2.24) is 5.32 Å². The van der Waals surface area contributed by atoms with Crippen LogP contribution in [0.2, 0.25) is 0 Å². The lowest BCUT2D eigenvalue weighted by Gasteiger charge is -2.07. The Morgan fingerprint density at radius 1 is 1.48 bits per heavy atom. The number of hydrogen-bond donors (Lipinski definition) is 1. The van der Waals surface area contributed by atoms with Crippen LogP contribution in [0.15, 0.2) is 69.0 Å². The Hall–Kier alpha value is -2.23. The Kier molecular flexibility index (Phi) is 4.68. The van der Waals surface area contributed by atoms with Crippen molar-refractivity contribution in [2.75, 3.05) is 13.6 Å². The second-order valence-corrected chi connectivity index (χ2v) is 4.98. The molecule has 1 N–H and O–H groups in total. The number of nitrogens with one attached hydrogen (secondary N) is 1. The van der Waals surface area contributed by atoms with Crippen LogP contribution in [0.4, 0.5) is 4.39 Å². The van der Waals surface area contributed by atoms with Gasteiger partial charge >= 0.3 is 0 Å². The quantitative estimate of drug-likeness (QED) is 0.786. The molecule has 0 aromatic carbocycles. The molecule has 0 bridgehead atoms. The first-order chi connectivity index (χ1) is 10.1. The lowest BCUT2D eigenvalue weighted by atomic mass is 10.1. The van der Waals surface area contributed by atoms with E-state index < -0.39 is 5.97 Å². The monoisotopic (exact) mass is 285 g/mol. The molecule has 0 aliphatic carbocycles. The average Bonchev–Trinajstić information content (AvgIpc) is 2.85. The minimum Gasteiger partial charge on any atom is -0.388 e. The van der Waals surface area contributed by atoms with E-state index in [2.05, 4.69) is 21.9 Å². The van der Waals surface area contributed by atoms with E-state index in [0.29, 0.717) is 17.8 Å². The number of allylic oxidation sites excluding steroid dienone is 6. The lowest BCUT2D eigenvalue weighted by Crippen LogP contribution is -2.10. The molecule has 21 heavy (non-hydrogen) atoms. The van der Waals surface area contributed by atoms with E-state index in [0.717, 1.165) is 29.0 Å². The van der Waals surface area contributed by atoms with Gasteiger partial charge in [0.1, 0.15) is 0 Å². The maximum Gasteiger partial charge on any atom is 0.217 e. The van der Waals surface area contributed by atoms with E-state index in [-0.39, 0.29) is 0 Å². The van der Waals surface area contributed by atoms with Crippen LogP contribution < -0.4 is 5.32 Å². The summed E-state index contributed by atoms with van der Waals surface area (Å²) >= 11 is 0. The zero-order valence-corrected chi connectivity index (χ0v) is 12.7. The summed E-state index contributed by atoms with van der Waals surface area (Å²) in [4.78, 5) is 8.38. The maximum atomic E-state index is 13.8. The highest BCUT2D eigenvalue weighted by atomic mass is 19.1. The van der Waals surface area contributed by atoms with Gasteiger partial charge in [-0.3, -0.25) is 4.99 Å². The number of aliphatic imine (C=N–C) groups is 2. The van der Waals surface area contributed by atoms with Gasteiger partial charge < -0.3 is 5.32 Å². The van der Waals surface area contributed by atoms with Crippen LogP contribution in [0.1, 0.15) is 20.3 Å². The highest BCUT2D eigenvalue weighted by Crippen LogP contribution is 2.25. The van der Waals surface area contributed by atoms with Gasteiger partial charge in [0, 0.05) is 19.3 Å². The van der Waals surface area contributed by atoms with Crippen LogP contribution >= 0.6 is 0 Å². The summed E-state index contributed by atoms with van der Waals surface area (Å²) < 4.78 is 13.8. The third kappa shape index (κ3) is 3.27. The predicted octanol–water partition coefficient (Wildman–Crippen LogP) is 3.65. The van der Waals surface area contributed by atoms with E-state index in [9.17, 15) is 4.39 Å². The molecule has 2 rings (SSSR count). The summed E-state index contributed by atoms with van der Waals surface area (Å²) in [5.41, 5.74) is 4.96. The van der Waals surface area contributed by atoms with Crippen LogP contribution in [-0.4, -0.2) is 25.3 Å². The summed E-state index contributed by atoms with van der Waals surface area (Å²) in [6.07, 6.45) is 8.25. The third-order valence-electron chi connectivity index (χ3n) is 3.51. The zero-order valence-electron chi connectivity index (χ0n) is 12.7. The number of nitrogens with zero attached hydrogens (tertiary/aromatic N) is 2. The molecule has 0 unspecified atom stereocenters. The van der Waals surface area contributed by atoms with Crippen molar-refractivity contribution in [3.63, 3.8) is 0 Å². The first-order valence-corrected chi connectivity index (χ1v) is 6.97. The molecule has 0 aromatic rings. The Labute approximate surface area is 125 Å². The molecule has 0 radical (unpaired) electrons. The molecule has 0 aromatic heterocycles. The van der Waals surface area contributed by atoms with Gasteiger partial charge in [-0.1, -0.05) is 18.7 Å². The summed E-state index contributed by atoms with van der Waals surface area (Å²) in [5, 5.41) is 3.13. The first-order valence-electron chi connectivity index (χ1n) is 6.97. The van der Waals surface area contributed by atoms with Crippen molar-refractivity contribution >= 4 is 11.7 Å². The Morgan fingerprint density at radius 2 is 2.24 bits per heavy atom. The van der Waals surface area contributed by atoms with Crippen molar-refractivity contribution in [2.45, 2.75) is 20.3 Å². The summed E-state index contributed by atoms with van der Waals surface area (Å²) in [7, 11) is 1.86. The maximum absolute atomic E-state index is 13.8. The van der Waals surface area contributed by atoms with Crippen molar-refractivity contribution in [3.8, 4) is 0 Å². The predicted molar refractivity (Wildman–Crippen MR) is 87.3 cm³/mol. The van der Waals surface area contributed by atoms with Crippen molar-refractivity contribution in [1.29, 1.82) is 0 Å². The third-order valence-corrected chi connectivity index (χ3v) is 3.51. The second kappa shape index (κ2) is 6.48. The number of dihydropyridines is 1. The Bertz CT molecular complexity index is 643. The van der Waals surface area contributed by atoms with Gasteiger partial charge in [-0.25, -0.2) is 4.99 Å². The molecule has 0 amide bonds. The molecule has 3 nitrogen and oxygen atoms in total. The van der Waals surface area contributed by atoms with E-state index in [1.165, 1.54) is 0 Å². The molecule has 110 valence electrons. The number of rotatable bonds is 4. The van der Waals surface area contributed by atoms with Gasteiger partial charge in [-0.05, 0) is 43.6 Å². The zero-order chi connectivity index (χ0) is 15.4. The van der Waals surface area contributed by atoms with E-state index in [1.54, 1.807) is 6.08 Å². The smallest absolute Gasteiger partial charge is 0.217 e. The van der Waals surface area contributed by atoms with Gasteiger partial charge in [0.15, 0.2) is 0 Å². The number of hydrogen-bond acceptors (Lipinski definition) is 3. The van der Waals surface area contributed by atoms with Crippen LogP contribution in [0.25, 0.3) is 0 Å². The van der Waals surface area contributed by atoms with E-state index in [4.69, 9.17) is 0 Å². The molecule has 2 heterocycles. The average molecular weight is 285 g/mol. The van der Waals surface area contributed by atoms with Crippen LogP contribution in [0.3, 0.4) is 0 Å². The number of likely N-dealkylation sites (N-methyl/N-ethyl adjacent to an activating group) is 1. The van der Waals surface area contributed by atoms with Crippen LogP contribution in [0.5, 0.6) is 0 Å². The lowest BCUT2D eigenvalue weighted by molar-refractivity contribution is 0.780. The van der Waals surface area contributed by atoms with Gasteiger partial charge in [0.25, 0.3) is 0 Å². The second-order valence-electron chi connectivity index (χ2n) is 4.98. The highest BCUT2D eigenvalue weighted by Gasteiger charge is 2.20. The number of halogens is 1. The first kappa shape index (κ1) is 15.2. The van der Waals surface area contributed by atoms with E-state index in [1.807, 2.05) is 39.1 Å². The molecule has 0 spiro atoms. The fourth-order valence-electron chi connectivity index (χ4n) is 2.19. The summed E-state index contributed by atoms with van der Waals surface area (Å²) in [5.74, 6) is -0.419. The largest absolute Gasteiger partial charge is 0.388 e. The molecule has 0 fully saturated rings. The summed E-state index contributed by atoms with van der Waals surface area (Å²) in [6.45, 7) is 8.23. The van der Waals surface area contributed by atoms with Crippen LogP contribution in [0, 0.1) is 0 Å². The molecule has 2 aliphatic rings. The molecule has 0 saturated carbocycles. The highest BCUT2D eigenvalue weighted by molar-refractivity contribution is 6.27. The fourth-order valence-corrected chi connectivity index (χ4v) is 2.19. The van der Waals surface area contributed by atoms with E-state index >= 15 is 0 Å². The molecular weight excluding hydrogens is 265 g/mol. The SMILES string of the molecule is C=C/C(C)=C(/C=C1N=C(C2=CCCN=C2F)C=C1C)NC. The molecule has 2 aliphatic heterocycles. The Morgan fingerprint density at radius 3 is 2.86 bits per heavy atom. The van der Waals surface area contributed by atoms with Gasteiger partial charge in [-0.15, -0.1) is 0 Å². The van der Waals surface area contributed by atoms with Crippen LogP contribution in [-0.2, 0) is 0 Å². The molecular formula is C17H20FN3. The van der Waals surface area contributed by atoms with Gasteiger partial charge in [0.2, 0.25) is 5.97 Å². The van der Waals surface area contributed by atoms with Crippen molar-refractivity contribution in [3.05, 3.63) is 59.0 Å². The standard InChI is InChI=1S/C17H20FN3/c1-5-11(2)14(19-4)10-15-12(3)9-16(21-15)13-7-6-8-20-17(13)18/h5,7,9-10,19H,1,6,8H2,2-4H3/b14-11-,15-10?. The summed E-state index contributed by atoms with van der Waals surface area (Å²) in [6, 6.07) is 0. The van der Waals surface area contributed by atoms with Gasteiger partial charge in [0.05, 0.1) is 17.0 Å². The fraction of sp³-hybridized carbons (Fsp3) is 0.294. The topological polar surface area (TPSA) is 36.8 Å². The molecule has 0 atom stereocenters. The van der Waals surface area contributed by atoms with Crippen molar-refractivity contribution in [2.24, 2.45) is 9.98 Å². The minimum absolute atomic E-state index is 0.419.